The minimum absolute atomic E-state index is 0.0607. The molecule has 4 nitrogen and oxygen atoms in total. The summed E-state index contributed by atoms with van der Waals surface area (Å²) < 4.78 is 0. The van der Waals surface area contributed by atoms with Gasteiger partial charge in [0.05, 0.1) is 0 Å². The van der Waals surface area contributed by atoms with Gasteiger partial charge in [-0.05, 0) is 12.5 Å². The number of nitrogens with two attached hydrogens (primary N) is 1. The van der Waals surface area contributed by atoms with Gasteiger partial charge in [-0.25, -0.2) is 9.97 Å². The van der Waals surface area contributed by atoms with Gasteiger partial charge >= 0.3 is 0 Å². The molecule has 2 N–H and O–H groups in total. The topological polar surface area (TPSA) is 68.9 Å². The number of aromatic nitrogens is 2. The van der Waals surface area contributed by atoms with Crippen LogP contribution in [-0.4, -0.2) is 15.9 Å². The van der Waals surface area contributed by atoms with Crippen LogP contribution in [0.2, 0.25) is 0 Å². The predicted molar refractivity (Wildman–Crippen MR) is 35.3 cm³/mol. The summed E-state index contributed by atoms with van der Waals surface area (Å²) in [5.74, 6) is -0.536. The summed E-state index contributed by atoms with van der Waals surface area (Å²) in [6, 6.07) is 0. The predicted octanol–water partition coefficient (Wildman–Crippen LogP) is -0.116. The lowest BCUT2D eigenvalue weighted by Gasteiger charge is -1.91. The number of aryl methyl sites for hydroxylation is 1. The van der Waals surface area contributed by atoms with E-state index in [1.807, 2.05) is 6.92 Å². The standard InChI is InChI=1S/C6H7N3O/c1-4-2-8-6(5(7)10)9-3-4/h2-3H,1H3,(H2,7,10). The van der Waals surface area contributed by atoms with Crippen LogP contribution in [0.3, 0.4) is 0 Å². The lowest BCUT2D eigenvalue weighted by Crippen LogP contribution is -2.14. The average Bonchev–Trinajstić information content (AvgIpc) is 1.88. The fourth-order valence-corrected chi connectivity index (χ4v) is 0.520. The molecular formula is C6H7N3O. The van der Waals surface area contributed by atoms with E-state index in [2.05, 4.69) is 9.97 Å². The molecule has 0 spiro atoms. The molecule has 0 aliphatic heterocycles. The molecule has 1 heterocycles. The Kier molecular flexibility index (Phi) is 1.62. The molecule has 0 atom stereocenters. The van der Waals surface area contributed by atoms with Crippen molar-refractivity contribution in [3.05, 3.63) is 23.8 Å². The summed E-state index contributed by atoms with van der Waals surface area (Å²) in [5, 5.41) is 0. The smallest absolute Gasteiger partial charge is 0.286 e. The summed E-state index contributed by atoms with van der Waals surface area (Å²) in [6.07, 6.45) is 3.10. The van der Waals surface area contributed by atoms with E-state index in [4.69, 9.17) is 5.73 Å². The van der Waals surface area contributed by atoms with E-state index < -0.39 is 5.91 Å². The van der Waals surface area contributed by atoms with Crippen molar-refractivity contribution >= 4 is 5.91 Å². The number of primary amides is 1. The maximum absolute atomic E-state index is 10.4. The van der Waals surface area contributed by atoms with E-state index in [1.54, 1.807) is 12.4 Å². The first-order valence-corrected chi connectivity index (χ1v) is 2.78. The Morgan fingerprint density at radius 2 is 2.00 bits per heavy atom. The van der Waals surface area contributed by atoms with E-state index in [0.29, 0.717) is 0 Å². The van der Waals surface area contributed by atoms with Crippen molar-refractivity contribution in [1.82, 2.24) is 9.97 Å². The second-order valence-corrected chi connectivity index (χ2v) is 1.95. The van der Waals surface area contributed by atoms with Crippen LogP contribution in [0.5, 0.6) is 0 Å². The zero-order chi connectivity index (χ0) is 7.56. The number of hydrogen-bond acceptors (Lipinski definition) is 3. The Hall–Kier alpha value is -1.45. The van der Waals surface area contributed by atoms with Gasteiger partial charge in [0.2, 0.25) is 5.82 Å². The van der Waals surface area contributed by atoms with E-state index in [9.17, 15) is 4.79 Å². The maximum Gasteiger partial charge on any atom is 0.286 e. The summed E-state index contributed by atoms with van der Waals surface area (Å²) in [6.45, 7) is 1.84. The lowest BCUT2D eigenvalue weighted by atomic mass is 10.4. The van der Waals surface area contributed by atoms with Crippen molar-refractivity contribution in [1.29, 1.82) is 0 Å². The highest BCUT2D eigenvalue weighted by molar-refractivity contribution is 5.88. The van der Waals surface area contributed by atoms with Gasteiger partial charge in [-0.15, -0.1) is 0 Å². The van der Waals surface area contributed by atoms with E-state index >= 15 is 0 Å². The van der Waals surface area contributed by atoms with Crippen LogP contribution in [0.4, 0.5) is 0 Å². The third kappa shape index (κ3) is 1.28. The Balaban J connectivity index is 3.00. The largest absolute Gasteiger partial charge is 0.363 e. The monoisotopic (exact) mass is 137 g/mol. The third-order valence-corrected chi connectivity index (χ3v) is 1.00. The summed E-state index contributed by atoms with van der Waals surface area (Å²) in [4.78, 5) is 17.8. The molecule has 1 aromatic rings. The molecule has 1 amide bonds. The summed E-state index contributed by atoms with van der Waals surface area (Å²) in [7, 11) is 0. The van der Waals surface area contributed by atoms with Crippen LogP contribution >= 0.6 is 0 Å². The minimum Gasteiger partial charge on any atom is -0.363 e. The number of rotatable bonds is 1. The maximum atomic E-state index is 10.4. The molecule has 52 valence electrons. The van der Waals surface area contributed by atoms with Crippen LogP contribution in [0.25, 0.3) is 0 Å². The third-order valence-electron chi connectivity index (χ3n) is 1.00. The van der Waals surface area contributed by atoms with Crippen molar-refractivity contribution in [2.24, 2.45) is 5.73 Å². The van der Waals surface area contributed by atoms with Gasteiger partial charge in [-0.2, -0.15) is 0 Å². The minimum atomic E-state index is -0.597. The number of amides is 1. The molecule has 10 heavy (non-hydrogen) atoms. The van der Waals surface area contributed by atoms with E-state index in [1.165, 1.54) is 0 Å². The van der Waals surface area contributed by atoms with Crippen LogP contribution in [0, 0.1) is 6.92 Å². The Morgan fingerprint density at radius 1 is 1.50 bits per heavy atom. The van der Waals surface area contributed by atoms with Gasteiger partial charge in [0, 0.05) is 12.4 Å². The first-order chi connectivity index (χ1) is 4.70. The quantitative estimate of drug-likeness (QED) is 0.586. The lowest BCUT2D eigenvalue weighted by molar-refractivity contribution is 0.0990. The van der Waals surface area contributed by atoms with Gasteiger partial charge in [0.1, 0.15) is 0 Å². The first-order valence-electron chi connectivity index (χ1n) is 2.78. The summed E-state index contributed by atoms with van der Waals surface area (Å²) >= 11 is 0. The number of carbonyl (C=O) groups is 1. The van der Waals surface area contributed by atoms with Crippen LogP contribution < -0.4 is 5.73 Å². The second-order valence-electron chi connectivity index (χ2n) is 1.95. The van der Waals surface area contributed by atoms with Gasteiger partial charge in [0.25, 0.3) is 5.91 Å². The molecule has 0 bridgehead atoms. The van der Waals surface area contributed by atoms with Gasteiger partial charge in [-0.1, -0.05) is 0 Å². The Morgan fingerprint density at radius 3 is 2.40 bits per heavy atom. The number of hydrogen-bond donors (Lipinski definition) is 1. The molecule has 4 heteroatoms. The highest BCUT2D eigenvalue weighted by Gasteiger charge is 2.00. The number of nitrogens with zero attached hydrogens (tertiary/aromatic N) is 2. The normalized spacial score (nSPS) is 9.30. The van der Waals surface area contributed by atoms with Crippen molar-refractivity contribution in [3.8, 4) is 0 Å². The molecule has 0 unspecified atom stereocenters. The first kappa shape index (κ1) is 6.67. The zero-order valence-electron chi connectivity index (χ0n) is 5.53. The van der Waals surface area contributed by atoms with Crippen molar-refractivity contribution < 1.29 is 4.79 Å². The number of carbonyl (C=O) groups excluding carboxylic acids is 1. The fraction of sp³-hybridized carbons (Fsp3) is 0.167. The van der Waals surface area contributed by atoms with Gasteiger partial charge < -0.3 is 5.73 Å². The van der Waals surface area contributed by atoms with E-state index in [-0.39, 0.29) is 5.82 Å². The van der Waals surface area contributed by atoms with Crippen LogP contribution in [-0.2, 0) is 0 Å². The molecule has 1 aromatic heterocycles. The van der Waals surface area contributed by atoms with Crippen molar-refractivity contribution in [2.75, 3.05) is 0 Å². The van der Waals surface area contributed by atoms with E-state index in [0.717, 1.165) is 5.56 Å². The average molecular weight is 137 g/mol. The molecule has 0 saturated heterocycles. The molecule has 0 aromatic carbocycles. The van der Waals surface area contributed by atoms with Gasteiger partial charge in [0.15, 0.2) is 0 Å². The van der Waals surface area contributed by atoms with Gasteiger partial charge in [-0.3, -0.25) is 4.79 Å². The SMILES string of the molecule is Cc1cnc(C(N)=O)nc1. The van der Waals surface area contributed by atoms with Crippen molar-refractivity contribution in [3.63, 3.8) is 0 Å². The zero-order valence-corrected chi connectivity index (χ0v) is 5.53. The molecule has 0 radical (unpaired) electrons. The highest BCUT2D eigenvalue weighted by atomic mass is 16.1. The molecule has 0 saturated carbocycles. The fourth-order valence-electron chi connectivity index (χ4n) is 0.520. The molecule has 1 rings (SSSR count). The second kappa shape index (κ2) is 2.43. The molecule has 0 fully saturated rings. The summed E-state index contributed by atoms with van der Waals surface area (Å²) in [5.41, 5.74) is 5.81. The van der Waals surface area contributed by atoms with Crippen LogP contribution in [0.15, 0.2) is 12.4 Å². The van der Waals surface area contributed by atoms with Crippen LogP contribution in [0.1, 0.15) is 16.2 Å². The molecular weight excluding hydrogens is 130 g/mol. The Labute approximate surface area is 58.1 Å². The highest BCUT2D eigenvalue weighted by Crippen LogP contribution is 1.91. The molecule has 0 aliphatic rings. The Bertz CT molecular complexity index is 242. The van der Waals surface area contributed by atoms with Crippen molar-refractivity contribution in [2.45, 2.75) is 6.92 Å². The molecule has 0 aliphatic carbocycles.